The van der Waals surface area contributed by atoms with E-state index in [4.69, 9.17) is 0 Å². The Morgan fingerprint density at radius 3 is 1.83 bits per heavy atom. The number of benzene rings is 1. The molecule has 1 aromatic rings. The average molecular weight is 399 g/mol. The lowest BCUT2D eigenvalue weighted by Crippen LogP contribution is -2.51. The Morgan fingerprint density at radius 2 is 1.31 bits per heavy atom. The smallest absolute Gasteiger partial charge is 0.226 e. The molecule has 7 nitrogen and oxygen atoms in total. The highest BCUT2D eigenvalue weighted by Crippen LogP contribution is 2.41. The normalized spacial score (nSPS) is 24.5. The molecule has 2 saturated heterocycles. The first-order chi connectivity index (χ1) is 13.9. The van der Waals surface area contributed by atoms with Crippen molar-refractivity contribution in [1.82, 2.24) is 14.7 Å². The van der Waals surface area contributed by atoms with Crippen LogP contribution in [0.2, 0.25) is 0 Å². The Morgan fingerprint density at radius 1 is 0.793 bits per heavy atom. The number of anilines is 1. The molecule has 1 aliphatic carbocycles. The van der Waals surface area contributed by atoms with Gasteiger partial charge in [-0.05, 0) is 31.0 Å². The third-order valence-electron chi connectivity index (χ3n) is 6.42. The van der Waals surface area contributed by atoms with Crippen molar-refractivity contribution in [1.29, 1.82) is 0 Å². The van der Waals surface area contributed by atoms with E-state index in [1.54, 1.807) is 11.8 Å². The van der Waals surface area contributed by atoms with E-state index >= 15 is 0 Å². The van der Waals surface area contributed by atoms with Gasteiger partial charge in [0.25, 0.3) is 0 Å². The molecule has 0 bridgehead atoms. The lowest BCUT2D eigenvalue weighted by atomic mass is 10.1. The fraction of sp³-hybridized carbons (Fsp3) is 0.591. The molecule has 3 fully saturated rings. The van der Waals surface area contributed by atoms with Gasteiger partial charge in [0.15, 0.2) is 0 Å². The van der Waals surface area contributed by atoms with E-state index in [1.807, 2.05) is 9.80 Å². The lowest BCUT2D eigenvalue weighted by molar-refractivity contribution is -0.141. The molecular weight excluding hydrogens is 368 g/mol. The Hall–Kier alpha value is -2.57. The second-order valence-electron chi connectivity index (χ2n) is 8.43. The molecule has 4 rings (SSSR count). The van der Waals surface area contributed by atoms with Crippen LogP contribution in [0.5, 0.6) is 0 Å². The van der Waals surface area contributed by atoms with Crippen LogP contribution in [-0.4, -0.2) is 84.8 Å². The van der Waals surface area contributed by atoms with Gasteiger partial charge in [0.1, 0.15) is 0 Å². The van der Waals surface area contributed by atoms with E-state index in [1.165, 1.54) is 11.3 Å². The summed E-state index contributed by atoms with van der Waals surface area (Å²) in [5.74, 6) is -0.0408. The van der Waals surface area contributed by atoms with E-state index in [0.717, 1.165) is 13.1 Å². The summed E-state index contributed by atoms with van der Waals surface area (Å²) in [5.41, 5.74) is 2.45. The van der Waals surface area contributed by atoms with Crippen molar-refractivity contribution >= 4 is 23.4 Å². The van der Waals surface area contributed by atoms with Crippen LogP contribution in [0.3, 0.4) is 0 Å². The molecule has 0 spiro atoms. The molecular formula is C22H30N4O3. The van der Waals surface area contributed by atoms with Gasteiger partial charge in [-0.25, -0.2) is 0 Å². The molecule has 2 heterocycles. The predicted molar refractivity (Wildman–Crippen MR) is 110 cm³/mol. The SMILES string of the molecule is CC(=O)N1CCN(C(=O)C2CC2C(=O)N2CCN(c3cccc(C)c3)CC2)CC1. The van der Waals surface area contributed by atoms with Crippen molar-refractivity contribution in [3.63, 3.8) is 0 Å². The molecule has 156 valence electrons. The van der Waals surface area contributed by atoms with Gasteiger partial charge in [-0.3, -0.25) is 14.4 Å². The molecule has 3 amide bonds. The molecule has 1 saturated carbocycles. The molecule has 2 atom stereocenters. The van der Waals surface area contributed by atoms with Gasteiger partial charge in [-0.15, -0.1) is 0 Å². The first-order valence-electron chi connectivity index (χ1n) is 10.6. The summed E-state index contributed by atoms with van der Waals surface area (Å²) >= 11 is 0. The van der Waals surface area contributed by atoms with Crippen LogP contribution < -0.4 is 4.90 Å². The van der Waals surface area contributed by atoms with E-state index < -0.39 is 0 Å². The van der Waals surface area contributed by atoms with E-state index in [-0.39, 0.29) is 29.6 Å². The Balaban J connectivity index is 1.25. The fourth-order valence-electron chi connectivity index (χ4n) is 4.46. The molecule has 0 N–H and O–H groups in total. The highest BCUT2D eigenvalue weighted by Gasteiger charge is 2.51. The number of amides is 3. The summed E-state index contributed by atoms with van der Waals surface area (Å²) in [5, 5.41) is 0. The van der Waals surface area contributed by atoms with Crippen LogP contribution >= 0.6 is 0 Å². The summed E-state index contributed by atoms with van der Waals surface area (Å²) in [7, 11) is 0. The largest absolute Gasteiger partial charge is 0.368 e. The third-order valence-corrected chi connectivity index (χ3v) is 6.42. The van der Waals surface area contributed by atoms with E-state index in [2.05, 4.69) is 36.1 Å². The van der Waals surface area contributed by atoms with Gasteiger partial charge in [-0.2, -0.15) is 0 Å². The maximum Gasteiger partial charge on any atom is 0.226 e. The topological polar surface area (TPSA) is 64.2 Å². The molecule has 1 aromatic carbocycles. The number of piperazine rings is 2. The van der Waals surface area contributed by atoms with Gasteiger partial charge in [0, 0.05) is 65.0 Å². The van der Waals surface area contributed by atoms with Gasteiger partial charge >= 0.3 is 0 Å². The zero-order valence-corrected chi connectivity index (χ0v) is 17.3. The lowest BCUT2D eigenvalue weighted by Gasteiger charge is -2.36. The van der Waals surface area contributed by atoms with Crippen molar-refractivity contribution in [2.75, 3.05) is 57.3 Å². The Kier molecular flexibility index (Phi) is 5.48. The van der Waals surface area contributed by atoms with Crippen molar-refractivity contribution in [2.45, 2.75) is 20.3 Å². The Bertz CT molecular complexity index is 795. The second kappa shape index (κ2) is 8.05. The zero-order chi connectivity index (χ0) is 20.5. The van der Waals surface area contributed by atoms with Gasteiger partial charge in [0.05, 0.1) is 11.8 Å². The molecule has 0 radical (unpaired) electrons. The quantitative estimate of drug-likeness (QED) is 0.761. The second-order valence-corrected chi connectivity index (χ2v) is 8.43. The van der Waals surface area contributed by atoms with Crippen molar-refractivity contribution in [3.05, 3.63) is 29.8 Å². The molecule has 3 aliphatic rings. The first-order valence-corrected chi connectivity index (χ1v) is 10.6. The highest BCUT2D eigenvalue weighted by molar-refractivity contribution is 5.92. The number of aryl methyl sites for hydroxylation is 1. The number of rotatable bonds is 3. The minimum absolute atomic E-state index is 0.0568. The van der Waals surface area contributed by atoms with Crippen LogP contribution in [0.15, 0.2) is 24.3 Å². The van der Waals surface area contributed by atoms with Crippen LogP contribution in [0.4, 0.5) is 5.69 Å². The molecule has 2 aliphatic heterocycles. The highest BCUT2D eigenvalue weighted by atomic mass is 16.2. The molecule has 29 heavy (non-hydrogen) atoms. The number of carbonyl (C=O) groups excluding carboxylic acids is 3. The minimum atomic E-state index is -0.166. The summed E-state index contributed by atoms with van der Waals surface area (Å²) in [6.45, 7) is 9.06. The zero-order valence-electron chi connectivity index (χ0n) is 17.3. The molecule has 0 aromatic heterocycles. The number of hydrogen-bond acceptors (Lipinski definition) is 4. The number of nitrogens with zero attached hydrogens (tertiary/aromatic N) is 4. The van der Waals surface area contributed by atoms with Crippen LogP contribution in [0.1, 0.15) is 18.9 Å². The summed E-state index contributed by atoms with van der Waals surface area (Å²) in [4.78, 5) is 44.9. The van der Waals surface area contributed by atoms with Gasteiger partial charge < -0.3 is 19.6 Å². The van der Waals surface area contributed by atoms with Gasteiger partial charge in [0.2, 0.25) is 17.7 Å². The molecule has 7 heteroatoms. The van der Waals surface area contributed by atoms with Crippen molar-refractivity contribution < 1.29 is 14.4 Å². The maximum absolute atomic E-state index is 12.9. The monoisotopic (exact) mass is 398 g/mol. The van der Waals surface area contributed by atoms with Crippen LogP contribution in [-0.2, 0) is 14.4 Å². The van der Waals surface area contributed by atoms with E-state index in [0.29, 0.717) is 45.7 Å². The number of carbonyl (C=O) groups is 3. The third kappa shape index (κ3) is 4.23. The van der Waals surface area contributed by atoms with Crippen LogP contribution in [0, 0.1) is 18.8 Å². The average Bonchev–Trinajstić information content (AvgIpc) is 3.54. The Labute approximate surface area is 172 Å². The van der Waals surface area contributed by atoms with E-state index in [9.17, 15) is 14.4 Å². The summed E-state index contributed by atoms with van der Waals surface area (Å²) in [6.07, 6.45) is 0.669. The first kappa shape index (κ1) is 19.7. The minimum Gasteiger partial charge on any atom is -0.368 e. The fourth-order valence-corrected chi connectivity index (χ4v) is 4.46. The molecule has 2 unspecified atom stereocenters. The van der Waals surface area contributed by atoms with Crippen molar-refractivity contribution in [2.24, 2.45) is 11.8 Å². The van der Waals surface area contributed by atoms with Gasteiger partial charge in [-0.1, -0.05) is 12.1 Å². The van der Waals surface area contributed by atoms with Crippen LogP contribution in [0.25, 0.3) is 0 Å². The maximum atomic E-state index is 12.9. The number of hydrogen-bond donors (Lipinski definition) is 0. The summed E-state index contributed by atoms with van der Waals surface area (Å²) < 4.78 is 0. The predicted octanol–water partition coefficient (Wildman–Crippen LogP) is 0.970. The summed E-state index contributed by atoms with van der Waals surface area (Å²) in [6, 6.07) is 8.46. The van der Waals surface area contributed by atoms with Crippen molar-refractivity contribution in [3.8, 4) is 0 Å². The standard InChI is InChI=1S/C22H30N4O3/c1-16-4-3-5-18(14-16)24-8-12-26(13-9-24)22(29)20-15-19(20)21(28)25-10-6-23(7-11-25)17(2)27/h3-5,14,19-20H,6-13,15H2,1-2H3.